The van der Waals surface area contributed by atoms with Crippen molar-refractivity contribution in [3.05, 3.63) is 35.4 Å². The van der Waals surface area contributed by atoms with Crippen LogP contribution in [0.4, 0.5) is 0 Å². The number of carbonyl (C=O) groups is 3. The fraction of sp³-hybridized carbons (Fsp3) is 0.625. The molecule has 1 aromatic carbocycles. The van der Waals surface area contributed by atoms with Crippen LogP contribution in [-0.4, -0.2) is 63.3 Å². The second-order valence-electron chi connectivity index (χ2n) is 11.6. The number of imide groups is 1. The molecular weight excluding hydrogens is 442 g/mol. The number of rotatable bonds is 2. The van der Waals surface area contributed by atoms with E-state index in [9.17, 15) is 22.8 Å². The molecule has 5 atom stereocenters. The van der Waals surface area contributed by atoms with Gasteiger partial charge in [0.05, 0.1) is 28.5 Å². The van der Waals surface area contributed by atoms with Gasteiger partial charge in [0, 0.05) is 5.41 Å². The molecule has 2 aliphatic carbocycles. The summed E-state index contributed by atoms with van der Waals surface area (Å²) in [4.78, 5) is 40.3. The van der Waals surface area contributed by atoms with E-state index in [-0.39, 0.29) is 17.2 Å². The normalized spacial score (nSPS) is 40.8. The quantitative estimate of drug-likeness (QED) is 0.486. The molecule has 3 aliphatic heterocycles. The number of hydrazine groups is 1. The van der Waals surface area contributed by atoms with Crippen molar-refractivity contribution in [2.24, 2.45) is 16.7 Å². The number of benzene rings is 1. The molecule has 9 heteroatoms. The van der Waals surface area contributed by atoms with Crippen molar-refractivity contribution >= 4 is 27.7 Å². The lowest BCUT2D eigenvalue weighted by Crippen LogP contribution is -2.51. The summed E-state index contributed by atoms with van der Waals surface area (Å²) in [5, 5.41) is 2.51. The topological polar surface area (TPSA) is 94.8 Å². The van der Waals surface area contributed by atoms with Crippen molar-refractivity contribution in [3.8, 4) is 0 Å². The average molecular weight is 472 g/mol. The Kier molecular flexibility index (Phi) is 3.67. The smallest absolute Gasteiger partial charge is 0.271 e. The third-order valence-electron chi connectivity index (χ3n) is 10.1. The second kappa shape index (κ2) is 5.68. The van der Waals surface area contributed by atoms with Gasteiger partial charge in [0.15, 0.2) is 0 Å². The van der Waals surface area contributed by atoms with Gasteiger partial charge in [0.1, 0.15) is 5.54 Å². The number of carbonyl (C=O) groups excluding carboxylic acids is 3. The van der Waals surface area contributed by atoms with Gasteiger partial charge >= 0.3 is 0 Å². The molecule has 4 fully saturated rings. The van der Waals surface area contributed by atoms with Gasteiger partial charge in [0.25, 0.3) is 17.7 Å². The zero-order valence-corrected chi connectivity index (χ0v) is 20.4. The van der Waals surface area contributed by atoms with Crippen LogP contribution >= 0.6 is 0 Å². The van der Waals surface area contributed by atoms with Gasteiger partial charge in [-0.2, -0.15) is 10.0 Å². The molecule has 2 saturated heterocycles. The van der Waals surface area contributed by atoms with E-state index in [1.165, 1.54) is 5.01 Å². The van der Waals surface area contributed by atoms with Crippen molar-refractivity contribution in [3.63, 3.8) is 0 Å². The summed E-state index contributed by atoms with van der Waals surface area (Å²) in [5.74, 6) is -1.12. The Labute approximate surface area is 193 Å². The number of hydrogen-bond donors (Lipinski definition) is 0. The minimum absolute atomic E-state index is 0.0105. The molecule has 2 bridgehead atoms. The Hall–Kier alpha value is -2.26. The van der Waals surface area contributed by atoms with E-state index in [0.717, 1.165) is 22.2 Å². The first-order valence-corrected chi connectivity index (χ1v) is 13.2. The fourth-order valence-electron chi connectivity index (χ4n) is 7.66. The van der Waals surface area contributed by atoms with Crippen molar-refractivity contribution in [2.45, 2.75) is 71.0 Å². The van der Waals surface area contributed by atoms with Crippen LogP contribution in [0.15, 0.2) is 24.3 Å². The van der Waals surface area contributed by atoms with Crippen molar-refractivity contribution < 1.29 is 22.8 Å². The third kappa shape index (κ3) is 2.09. The maximum Gasteiger partial charge on any atom is 0.276 e. The van der Waals surface area contributed by atoms with Crippen molar-refractivity contribution in [1.29, 1.82) is 0 Å². The molecule has 3 heterocycles. The van der Waals surface area contributed by atoms with Gasteiger partial charge < -0.3 is 0 Å². The Morgan fingerprint density at radius 1 is 1.00 bits per heavy atom. The zero-order valence-electron chi connectivity index (χ0n) is 19.6. The molecule has 3 amide bonds. The summed E-state index contributed by atoms with van der Waals surface area (Å²) in [5.41, 5.74) is -2.23. The van der Waals surface area contributed by atoms with Gasteiger partial charge in [-0.3, -0.25) is 14.4 Å². The van der Waals surface area contributed by atoms with Gasteiger partial charge in [-0.05, 0) is 63.5 Å². The number of fused-ring (bicyclic) bond motifs is 2. The van der Waals surface area contributed by atoms with E-state index in [1.54, 1.807) is 45.0 Å². The molecule has 176 valence electrons. The summed E-state index contributed by atoms with van der Waals surface area (Å²) in [6.45, 7) is 9.48. The summed E-state index contributed by atoms with van der Waals surface area (Å²) >= 11 is 0. The van der Waals surface area contributed by atoms with Crippen LogP contribution in [0.25, 0.3) is 0 Å². The summed E-state index contributed by atoms with van der Waals surface area (Å²) in [7, 11) is -3.81. The highest BCUT2D eigenvalue weighted by Crippen LogP contribution is 2.70. The lowest BCUT2D eigenvalue weighted by Gasteiger charge is -2.37. The minimum Gasteiger partial charge on any atom is -0.271 e. The third-order valence-corrected chi connectivity index (χ3v) is 12.0. The SMILES string of the molecule is CC1(C)[C@@H]2CC[C@]13CS(=O)(=O)N(C(=O)[C@]1(C)N(N4C(=O)c5ccccc5C4=O)C1(C)C)[C@@H]3C2. The van der Waals surface area contributed by atoms with Gasteiger partial charge in [-0.15, -0.1) is 0 Å². The lowest BCUT2D eigenvalue weighted by atomic mass is 9.69. The first-order chi connectivity index (χ1) is 15.2. The predicted molar refractivity (Wildman–Crippen MR) is 119 cm³/mol. The zero-order chi connectivity index (χ0) is 23.9. The maximum absolute atomic E-state index is 14.1. The Morgan fingerprint density at radius 3 is 2.12 bits per heavy atom. The number of amides is 3. The van der Waals surface area contributed by atoms with Crippen molar-refractivity contribution in [2.75, 3.05) is 5.75 Å². The predicted octanol–water partition coefficient (Wildman–Crippen LogP) is 2.42. The molecule has 0 N–H and O–H groups in total. The van der Waals surface area contributed by atoms with Crippen LogP contribution in [0.3, 0.4) is 0 Å². The van der Waals surface area contributed by atoms with Crippen LogP contribution in [0.1, 0.15) is 74.6 Å². The number of hydrogen-bond acceptors (Lipinski definition) is 6. The van der Waals surface area contributed by atoms with Crippen LogP contribution < -0.4 is 0 Å². The van der Waals surface area contributed by atoms with E-state index in [1.807, 2.05) is 0 Å². The average Bonchev–Trinajstić information content (AvgIpc) is 3.04. The number of sulfonamides is 1. The van der Waals surface area contributed by atoms with Crippen LogP contribution in [0, 0.1) is 16.7 Å². The Balaban J connectivity index is 1.39. The van der Waals surface area contributed by atoms with E-state index in [2.05, 4.69) is 13.8 Å². The molecule has 33 heavy (non-hydrogen) atoms. The van der Waals surface area contributed by atoms with E-state index >= 15 is 0 Å². The highest BCUT2D eigenvalue weighted by Gasteiger charge is 2.80. The lowest BCUT2D eigenvalue weighted by molar-refractivity contribution is -0.133. The summed E-state index contributed by atoms with van der Waals surface area (Å²) in [6.07, 6.45) is 2.48. The summed E-state index contributed by atoms with van der Waals surface area (Å²) in [6, 6.07) is 6.21. The van der Waals surface area contributed by atoms with Gasteiger partial charge in [-0.1, -0.05) is 26.0 Å². The first kappa shape index (κ1) is 21.3. The molecule has 1 unspecified atom stereocenters. The van der Waals surface area contributed by atoms with Gasteiger partial charge in [0.2, 0.25) is 10.0 Å². The van der Waals surface area contributed by atoms with Crippen molar-refractivity contribution in [1.82, 2.24) is 14.3 Å². The second-order valence-corrected chi connectivity index (χ2v) is 13.5. The number of nitrogens with zero attached hydrogens (tertiary/aromatic N) is 3. The largest absolute Gasteiger partial charge is 0.276 e. The van der Waals surface area contributed by atoms with Gasteiger partial charge in [-0.25, -0.2) is 12.7 Å². The van der Waals surface area contributed by atoms with Crippen LogP contribution in [0.2, 0.25) is 0 Å². The molecule has 2 saturated carbocycles. The van der Waals surface area contributed by atoms with Crippen LogP contribution in [0.5, 0.6) is 0 Å². The molecule has 8 nitrogen and oxygen atoms in total. The first-order valence-electron chi connectivity index (χ1n) is 11.6. The Bertz CT molecular complexity index is 1240. The molecule has 1 spiro atoms. The van der Waals surface area contributed by atoms with E-state index < -0.39 is 44.2 Å². The monoisotopic (exact) mass is 471 g/mol. The molecular formula is C24H29N3O5S. The summed E-state index contributed by atoms with van der Waals surface area (Å²) < 4.78 is 28.0. The maximum atomic E-state index is 14.1. The molecule has 0 radical (unpaired) electrons. The van der Waals surface area contributed by atoms with E-state index in [4.69, 9.17) is 0 Å². The minimum atomic E-state index is -3.81. The molecule has 6 rings (SSSR count). The van der Waals surface area contributed by atoms with E-state index in [0.29, 0.717) is 23.5 Å². The standard InChI is InChI=1S/C24H29N3O5S/c1-21(2)14-10-11-24(21)13-33(31,32)26(17(24)12-14)20(30)23(5)22(3,4)27(23)25-18(28)15-8-6-7-9-16(15)19(25)29/h6-9,14,17H,10-13H2,1-5H3/t14-,17-,23+,24-,27?/m1/s1. The highest BCUT2D eigenvalue weighted by atomic mass is 32.2. The molecule has 1 aromatic rings. The molecule has 0 aromatic heterocycles. The van der Waals surface area contributed by atoms with Crippen LogP contribution in [-0.2, 0) is 14.8 Å². The molecule has 5 aliphatic rings. The fourth-order valence-corrected chi connectivity index (χ4v) is 10.3. The highest BCUT2D eigenvalue weighted by molar-refractivity contribution is 7.90. The Morgan fingerprint density at radius 2 is 1.58 bits per heavy atom.